The topological polar surface area (TPSA) is 98.2 Å². The predicted molar refractivity (Wildman–Crippen MR) is 81.5 cm³/mol. The molecule has 8 heteroatoms. The van der Waals surface area contributed by atoms with E-state index in [9.17, 15) is 0 Å². The van der Waals surface area contributed by atoms with Gasteiger partial charge in [-0.25, -0.2) is 15.0 Å². The number of hydrogen-bond acceptors (Lipinski definition) is 7. The largest absolute Gasteiger partial charge is 0.462 e. The van der Waals surface area contributed by atoms with Crippen molar-refractivity contribution in [2.24, 2.45) is 0 Å². The fourth-order valence-electron chi connectivity index (χ4n) is 2.75. The first-order chi connectivity index (χ1) is 11.3. The summed E-state index contributed by atoms with van der Waals surface area (Å²) < 4.78 is 13.1. The van der Waals surface area contributed by atoms with Crippen LogP contribution in [-0.4, -0.2) is 31.2 Å². The molecule has 0 saturated carbocycles. The van der Waals surface area contributed by atoms with Gasteiger partial charge < -0.3 is 19.6 Å². The lowest BCUT2D eigenvalue weighted by atomic mass is 10.3. The lowest BCUT2D eigenvalue weighted by Gasteiger charge is -2.11. The second-order valence-electron chi connectivity index (χ2n) is 5.39. The van der Waals surface area contributed by atoms with Crippen molar-refractivity contribution in [2.45, 2.75) is 32.2 Å². The summed E-state index contributed by atoms with van der Waals surface area (Å²) in [7, 11) is 0. The van der Waals surface area contributed by atoms with Gasteiger partial charge in [0.25, 0.3) is 0 Å². The van der Waals surface area contributed by atoms with Gasteiger partial charge in [0.05, 0.1) is 12.9 Å². The van der Waals surface area contributed by atoms with Crippen LogP contribution >= 0.6 is 0 Å². The van der Waals surface area contributed by atoms with Gasteiger partial charge in [0.2, 0.25) is 0 Å². The Kier molecular flexibility index (Phi) is 3.68. The van der Waals surface area contributed by atoms with Crippen molar-refractivity contribution < 1.29 is 14.3 Å². The fourth-order valence-corrected chi connectivity index (χ4v) is 2.75. The van der Waals surface area contributed by atoms with Crippen molar-refractivity contribution in [1.29, 1.82) is 0 Å². The molecule has 3 aromatic heterocycles. The summed E-state index contributed by atoms with van der Waals surface area (Å²) in [5.41, 5.74) is 1.46. The average molecular weight is 315 g/mol. The van der Waals surface area contributed by atoms with Crippen LogP contribution < -0.4 is 5.32 Å². The van der Waals surface area contributed by atoms with E-state index in [1.165, 1.54) is 6.33 Å². The first-order valence-electron chi connectivity index (χ1n) is 7.56. The zero-order valence-electron chi connectivity index (χ0n) is 12.5. The number of nitrogens with one attached hydrogen (secondary N) is 1. The Labute approximate surface area is 132 Å². The third-order valence-electron chi connectivity index (χ3n) is 3.88. The van der Waals surface area contributed by atoms with Crippen molar-refractivity contribution in [3.63, 3.8) is 0 Å². The molecule has 2 N–H and O–H groups in total. The van der Waals surface area contributed by atoms with Crippen molar-refractivity contribution in [3.05, 3.63) is 36.3 Å². The molecular formula is C15H17N5O3. The van der Waals surface area contributed by atoms with Gasteiger partial charge in [-0.15, -0.1) is 0 Å². The molecule has 1 atom stereocenters. The van der Waals surface area contributed by atoms with Gasteiger partial charge in [-0.05, 0) is 25.0 Å². The maximum atomic E-state index is 9.02. The molecular weight excluding hydrogens is 298 g/mol. The lowest BCUT2D eigenvalue weighted by molar-refractivity contribution is 0.0593. The van der Waals surface area contributed by atoms with E-state index in [0.29, 0.717) is 23.6 Å². The molecule has 1 unspecified atom stereocenters. The summed E-state index contributed by atoms with van der Waals surface area (Å²) in [6.45, 7) is 1.12. The smallest absolute Gasteiger partial charge is 0.167 e. The number of rotatable bonds is 5. The molecule has 0 radical (unpaired) electrons. The highest BCUT2D eigenvalue weighted by atomic mass is 16.5. The molecule has 0 spiro atoms. The van der Waals surface area contributed by atoms with Gasteiger partial charge in [-0.1, -0.05) is 0 Å². The fraction of sp³-hybridized carbons (Fsp3) is 0.400. The Balaban J connectivity index is 1.57. The third kappa shape index (κ3) is 2.66. The molecule has 1 fully saturated rings. The van der Waals surface area contributed by atoms with E-state index < -0.39 is 0 Å². The third-order valence-corrected chi connectivity index (χ3v) is 3.88. The SMILES string of the molecule is OCc1ccc(CNc2ncnc3c2ncn3C2CCCO2)o1. The molecule has 1 aliphatic heterocycles. The molecule has 0 aromatic carbocycles. The Morgan fingerprint density at radius 2 is 2.17 bits per heavy atom. The Morgan fingerprint density at radius 3 is 2.96 bits per heavy atom. The molecule has 3 aromatic rings. The molecule has 23 heavy (non-hydrogen) atoms. The molecule has 0 bridgehead atoms. The summed E-state index contributed by atoms with van der Waals surface area (Å²) in [5, 5.41) is 12.2. The number of hydrogen-bond donors (Lipinski definition) is 2. The maximum absolute atomic E-state index is 9.02. The van der Waals surface area contributed by atoms with Crippen molar-refractivity contribution in [3.8, 4) is 0 Å². The van der Waals surface area contributed by atoms with Crippen LogP contribution in [0.1, 0.15) is 30.6 Å². The maximum Gasteiger partial charge on any atom is 0.167 e. The van der Waals surface area contributed by atoms with E-state index in [-0.39, 0.29) is 12.8 Å². The molecule has 0 aliphatic carbocycles. The minimum absolute atomic E-state index is 0.0000591. The summed E-state index contributed by atoms with van der Waals surface area (Å²) in [5.74, 6) is 1.91. The number of ether oxygens (including phenoxy) is 1. The van der Waals surface area contributed by atoms with Crippen LogP contribution in [0.5, 0.6) is 0 Å². The van der Waals surface area contributed by atoms with E-state index >= 15 is 0 Å². The number of furan rings is 1. The number of aliphatic hydroxyl groups is 1. The van der Waals surface area contributed by atoms with Crippen LogP contribution in [0.15, 0.2) is 29.2 Å². The highest BCUT2D eigenvalue weighted by Crippen LogP contribution is 2.27. The van der Waals surface area contributed by atoms with Gasteiger partial charge in [0.1, 0.15) is 30.7 Å². The Bertz CT molecular complexity index is 806. The highest BCUT2D eigenvalue weighted by Gasteiger charge is 2.21. The van der Waals surface area contributed by atoms with Gasteiger partial charge in [-0.2, -0.15) is 0 Å². The molecule has 4 rings (SSSR count). The molecule has 8 nitrogen and oxygen atoms in total. The summed E-state index contributed by atoms with van der Waals surface area (Å²) in [6, 6.07) is 3.57. The van der Waals surface area contributed by atoms with Crippen LogP contribution in [0.3, 0.4) is 0 Å². The van der Waals surface area contributed by atoms with Crippen molar-refractivity contribution >= 4 is 17.0 Å². The molecule has 1 aliphatic rings. The van der Waals surface area contributed by atoms with E-state index in [2.05, 4.69) is 20.3 Å². The number of anilines is 1. The minimum Gasteiger partial charge on any atom is -0.462 e. The summed E-state index contributed by atoms with van der Waals surface area (Å²) >= 11 is 0. The average Bonchev–Trinajstić information content (AvgIpc) is 3.31. The first-order valence-corrected chi connectivity index (χ1v) is 7.56. The first kappa shape index (κ1) is 14.2. The molecule has 1 saturated heterocycles. The number of aromatic nitrogens is 4. The number of imidazole rings is 1. The van der Waals surface area contributed by atoms with Gasteiger partial charge >= 0.3 is 0 Å². The zero-order chi connectivity index (χ0) is 15.6. The van der Waals surface area contributed by atoms with E-state index in [1.54, 1.807) is 12.4 Å². The minimum atomic E-state index is -0.108. The van der Waals surface area contributed by atoms with E-state index in [1.807, 2.05) is 10.6 Å². The predicted octanol–water partition coefficient (Wildman–Crippen LogP) is 1.83. The second kappa shape index (κ2) is 5.98. The molecule has 120 valence electrons. The van der Waals surface area contributed by atoms with Crippen LogP contribution in [0.4, 0.5) is 5.82 Å². The standard InChI is InChI=1S/C15H17N5O3/c21-7-11-4-3-10(23-11)6-16-14-13-15(18-8-17-14)20(9-19-13)12-2-1-5-22-12/h3-4,8-9,12,21H,1-2,5-7H2,(H,16,17,18). The Hall–Kier alpha value is -2.45. The quantitative estimate of drug-likeness (QED) is 0.741. The summed E-state index contributed by atoms with van der Waals surface area (Å²) in [4.78, 5) is 13.0. The second-order valence-corrected chi connectivity index (χ2v) is 5.39. The van der Waals surface area contributed by atoms with Crippen LogP contribution in [0, 0.1) is 0 Å². The van der Waals surface area contributed by atoms with Crippen LogP contribution in [0.25, 0.3) is 11.2 Å². The van der Waals surface area contributed by atoms with Crippen LogP contribution in [0.2, 0.25) is 0 Å². The monoisotopic (exact) mass is 315 g/mol. The highest BCUT2D eigenvalue weighted by molar-refractivity contribution is 5.82. The van der Waals surface area contributed by atoms with E-state index in [4.69, 9.17) is 14.3 Å². The van der Waals surface area contributed by atoms with Gasteiger partial charge in [-0.3, -0.25) is 4.57 Å². The molecule has 4 heterocycles. The van der Waals surface area contributed by atoms with Crippen LogP contribution in [-0.2, 0) is 17.9 Å². The van der Waals surface area contributed by atoms with Gasteiger partial charge in [0.15, 0.2) is 17.0 Å². The summed E-state index contributed by atoms with van der Waals surface area (Å²) in [6.07, 6.45) is 5.27. The Morgan fingerprint density at radius 1 is 1.26 bits per heavy atom. The van der Waals surface area contributed by atoms with E-state index in [0.717, 1.165) is 30.9 Å². The number of nitrogens with zero attached hydrogens (tertiary/aromatic N) is 4. The molecule has 0 amide bonds. The lowest BCUT2D eigenvalue weighted by Crippen LogP contribution is -2.07. The van der Waals surface area contributed by atoms with Gasteiger partial charge in [0, 0.05) is 6.61 Å². The number of fused-ring (bicyclic) bond motifs is 1. The van der Waals surface area contributed by atoms with Crippen molar-refractivity contribution in [1.82, 2.24) is 19.5 Å². The normalized spacial score (nSPS) is 17.9. The number of aliphatic hydroxyl groups excluding tert-OH is 1. The van der Waals surface area contributed by atoms with Crippen molar-refractivity contribution in [2.75, 3.05) is 11.9 Å². The zero-order valence-corrected chi connectivity index (χ0v) is 12.5.